The van der Waals surface area contributed by atoms with E-state index < -0.39 is 17.1 Å². The Morgan fingerprint density at radius 2 is 1.34 bits per heavy atom. The highest BCUT2D eigenvalue weighted by Crippen LogP contribution is 2.38. The topological polar surface area (TPSA) is 57.0 Å². The number of likely N-dealkylation sites (tertiary alicyclic amines) is 1. The van der Waals surface area contributed by atoms with E-state index >= 15 is 0 Å². The first-order valence-corrected chi connectivity index (χ1v) is 13.5. The Kier molecular flexibility index (Phi) is 7.45. The second kappa shape index (κ2) is 10.8. The maximum atomic E-state index is 13.9. The van der Waals surface area contributed by atoms with Crippen molar-refractivity contribution in [2.45, 2.75) is 30.3 Å². The summed E-state index contributed by atoms with van der Waals surface area (Å²) in [4.78, 5) is 34.7. The van der Waals surface area contributed by atoms with E-state index in [1.807, 2.05) is 30.3 Å². The molecule has 0 radical (unpaired) electrons. The van der Waals surface area contributed by atoms with Gasteiger partial charge in [-0.2, -0.15) is 0 Å². The number of hydrogen-bond donors (Lipinski definition) is 1. The van der Waals surface area contributed by atoms with E-state index in [0.29, 0.717) is 34.1 Å². The van der Waals surface area contributed by atoms with Crippen molar-refractivity contribution in [2.24, 2.45) is 0 Å². The fourth-order valence-electron chi connectivity index (χ4n) is 5.55. The second-order valence-electron chi connectivity index (χ2n) is 9.86. The van der Waals surface area contributed by atoms with Crippen molar-refractivity contribution < 1.29 is 9.59 Å². The third kappa shape index (κ3) is 4.78. The summed E-state index contributed by atoms with van der Waals surface area (Å²) in [5.74, 6) is -0.318. The molecular formula is C30H28Cl2N4O2. The summed E-state index contributed by atoms with van der Waals surface area (Å²) >= 11 is 12.2. The molecule has 3 aromatic carbocycles. The molecule has 3 amide bonds. The van der Waals surface area contributed by atoms with Gasteiger partial charge in [0.05, 0.1) is 0 Å². The molecule has 0 atom stereocenters. The van der Waals surface area contributed by atoms with Gasteiger partial charge in [0.1, 0.15) is 0 Å². The number of halogens is 2. The van der Waals surface area contributed by atoms with E-state index in [4.69, 9.17) is 29.8 Å². The number of nitrogens with one attached hydrogen (secondary N) is 1. The molecule has 2 saturated heterocycles. The van der Waals surface area contributed by atoms with Gasteiger partial charge in [-0.25, -0.2) is 11.4 Å². The predicted molar refractivity (Wildman–Crippen MR) is 149 cm³/mol. The third-order valence-corrected chi connectivity index (χ3v) is 8.23. The zero-order chi connectivity index (χ0) is 26.8. The maximum Gasteiger partial charge on any atom is 0.325 e. The van der Waals surface area contributed by atoms with Crippen molar-refractivity contribution in [3.63, 3.8) is 0 Å². The number of benzene rings is 3. The van der Waals surface area contributed by atoms with Gasteiger partial charge >= 0.3 is 6.03 Å². The normalized spacial score (nSPS) is 18.7. The number of rotatable bonds is 7. The van der Waals surface area contributed by atoms with E-state index in [1.54, 1.807) is 48.5 Å². The van der Waals surface area contributed by atoms with Gasteiger partial charge in [-0.3, -0.25) is 9.69 Å². The molecule has 8 heteroatoms. The van der Waals surface area contributed by atoms with Crippen LogP contribution in [0.25, 0.3) is 4.85 Å². The van der Waals surface area contributed by atoms with Gasteiger partial charge < -0.3 is 15.1 Å². The number of hydrogen-bond acceptors (Lipinski definition) is 3. The van der Waals surface area contributed by atoms with Gasteiger partial charge in [0.15, 0.2) is 5.54 Å². The van der Waals surface area contributed by atoms with Crippen molar-refractivity contribution in [3.8, 4) is 0 Å². The molecule has 1 N–H and O–H groups in total. The molecule has 2 heterocycles. The Morgan fingerprint density at radius 3 is 1.87 bits per heavy atom. The highest BCUT2D eigenvalue weighted by atomic mass is 35.5. The van der Waals surface area contributed by atoms with E-state index in [9.17, 15) is 9.59 Å². The largest absolute Gasteiger partial charge is 0.325 e. The summed E-state index contributed by atoms with van der Waals surface area (Å²) in [6.45, 7) is 10.5. The van der Waals surface area contributed by atoms with E-state index in [2.05, 4.69) is 15.1 Å². The van der Waals surface area contributed by atoms with Crippen LogP contribution in [0.5, 0.6) is 0 Å². The SMILES string of the molecule is [C-]#[N+]C1(c2ccccc2)CCN(CCCN2C(=O)NC(c3ccc(Cl)cc3)(c3ccc(Cl)cc3)C2=O)CC1. The molecule has 0 aliphatic carbocycles. The molecular weight excluding hydrogens is 519 g/mol. The lowest BCUT2D eigenvalue weighted by Crippen LogP contribution is -2.45. The summed E-state index contributed by atoms with van der Waals surface area (Å²) in [7, 11) is 0. The number of carbonyl (C=O) groups excluding carboxylic acids is 2. The molecule has 5 rings (SSSR count). The quantitative estimate of drug-likeness (QED) is 0.288. The van der Waals surface area contributed by atoms with E-state index in [1.165, 1.54) is 4.90 Å². The molecule has 0 unspecified atom stereocenters. The third-order valence-electron chi connectivity index (χ3n) is 7.72. The highest BCUT2D eigenvalue weighted by molar-refractivity contribution is 6.31. The van der Waals surface area contributed by atoms with Gasteiger partial charge in [-0.1, -0.05) is 77.8 Å². The smallest absolute Gasteiger partial charge is 0.315 e. The summed E-state index contributed by atoms with van der Waals surface area (Å²) in [6, 6.07) is 23.5. The zero-order valence-electron chi connectivity index (χ0n) is 20.9. The number of amides is 3. The summed E-state index contributed by atoms with van der Waals surface area (Å²) in [6.07, 6.45) is 2.17. The summed E-state index contributed by atoms with van der Waals surface area (Å²) in [5, 5.41) is 4.06. The Balaban J connectivity index is 1.27. The number of piperidine rings is 1. The summed E-state index contributed by atoms with van der Waals surface area (Å²) in [5.41, 5.74) is 0.534. The van der Waals surface area contributed by atoms with Crippen molar-refractivity contribution in [2.75, 3.05) is 26.2 Å². The highest BCUT2D eigenvalue weighted by Gasteiger charge is 2.53. The van der Waals surface area contributed by atoms with Crippen molar-refractivity contribution in [1.29, 1.82) is 0 Å². The van der Waals surface area contributed by atoms with E-state index in [0.717, 1.165) is 38.0 Å². The van der Waals surface area contributed by atoms with Crippen LogP contribution >= 0.6 is 23.2 Å². The lowest BCUT2D eigenvalue weighted by Gasteiger charge is -2.34. The molecule has 194 valence electrons. The monoisotopic (exact) mass is 546 g/mol. The molecule has 0 aromatic heterocycles. The van der Waals surface area contributed by atoms with Gasteiger partial charge in [0.2, 0.25) is 0 Å². The number of imide groups is 1. The van der Waals surface area contributed by atoms with Gasteiger partial charge in [-0.05, 0) is 48.4 Å². The fourth-order valence-corrected chi connectivity index (χ4v) is 5.80. The van der Waals surface area contributed by atoms with Crippen molar-refractivity contribution in [3.05, 3.63) is 117 Å². The van der Waals surface area contributed by atoms with Crippen molar-refractivity contribution >= 4 is 35.1 Å². The first-order valence-electron chi connectivity index (χ1n) is 12.7. The minimum atomic E-state index is -1.34. The minimum absolute atomic E-state index is 0.302. The lowest BCUT2D eigenvalue weighted by atomic mass is 9.81. The molecule has 0 saturated carbocycles. The van der Waals surface area contributed by atoms with Crippen LogP contribution in [0.15, 0.2) is 78.9 Å². The average molecular weight is 547 g/mol. The Labute approximate surface area is 233 Å². The van der Waals surface area contributed by atoms with Crippen LogP contribution in [0.3, 0.4) is 0 Å². The van der Waals surface area contributed by atoms with Gasteiger partial charge in [0.25, 0.3) is 11.4 Å². The molecule has 0 bridgehead atoms. The number of urea groups is 1. The standard InChI is InChI=1S/C30H28Cl2N4O2/c1-33-29(22-6-3-2-4-7-22)16-20-35(21-17-29)18-5-19-36-27(37)30(34-28(36)38,23-8-12-25(31)13-9-23)24-10-14-26(32)15-11-24/h2-4,6-15H,5,16-21H2,(H,34,38). The molecule has 2 aliphatic rings. The second-order valence-corrected chi connectivity index (χ2v) is 10.7. The summed E-state index contributed by atoms with van der Waals surface area (Å²) < 4.78 is 0. The number of nitrogens with zero attached hydrogens (tertiary/aromatic N) is 3. The van der Waals surface area contributed by atoms with Crippen molar-refractivity contribution in [1.82, 2.24) is 15.1 Å². The van der Waals surface area contributed by atoms with Crippen LogP contribution in [0, 0.1) is 6.57 Å². The van der Waals surface area contributed by atoms with Crippen LogP contribution in [0.2, 0.25) is 10.0 Å². The van der Waals surface area contributed by atoms with Gasteiger partial charge in [0, 0.05) is 48.1 Å². The first-order chi connectivity index (χ1) is 18.4. The van der Waals surface area contributed by atoms with Gasteiger partial charge in [-0.15, -0.1) is 0 Å². The Bertz CT molecular complexity index is 1300. The first kappa shape index (κ1) is 26.2. The average Bonchev–Trinajstić information content (AvgIpc) is 3.20. The molecule has 38 heavy (non-hydrogen) atoms. The van der Waals surface area contributed by atoms with Crippen LogP contribution in [0.1, 0.15) is 36.0 Å². The molecule has 2 fully saturated rings. The minimum Gasteiger partial charge on any atom is -0.315 e. The molecule has 0 spiro atoms. The zero-order valence-corrected chi connectivity index (χ0v) is 22.4. The lowest BCUT2D eigenvalue weighted by molar-refractivity contribution is -0.130. The Morgan fingerprint density at radius 1 is 0.789 bits per heavy atom. The number of carbonyl (C=O) groups is 2. The van der Waals surface area contributed by atoms with Crippen LogP contribution < -0.4 is 5.32 Å². The maximum absolute atomic E-state index is 13.9. The Hall–Kier alpha value is -3.37. The molecule has 6 nitrogen and oxygen atoms in total. The van der Waals surface area contributed by atoms with Crippen LogP contribution in [-0.2, 0) is 15.9 Å². The molecule has 3 aromatic rings. The van der Waals surface area contributed by atoms with Crippen LogP contribution in [0.4, 0.5) is 4.79 Å². The molecule has 2 aliphatic heterocycles. The van der Waals surface area contributed by atoms with Crippen LogP contribution in [-0.4, -0.2) is 47.9 Å². The predicted octanol–water partition coefficient (Wildman–Crippen LogP) is 6.09. The van der Waals surface area contributed by atoms with E-state index in [-0.39, 0.29) is 5.91 Å². The fraction of sp³-hybridized carbons (Fsp3) is 0.300.